The molecule has 0 aromatic heterocycles. The molecule has 1 unspecified atom stereocenters. The summed E-state index contributed by atoms with van der Waals surface area (Å²) in [5.41, 5.74) is 0.291. The first kappa shape index (κ1) is 16.7. The fourth-order valence-electron chi connectivity index (χ4n) is 1.96. The fraction of sp³-hybridized carbons (Fsp3) is 0.500. The summed E-state index contributed by atoms with van der Waals surface area (Å²) in [6, 6.07) is 4.32. The third-order valence-electron chi connectivity index (χ3n) is 3.47. The monoisotopic (exact) mass is 299 g/mol. The number of carboxylic acid groups (broad SMARTS) is 1. The lowest BCUT2D eigenvalue weighted by atomic mass is 10.1. The molecule has 1 rings (SSSR count). The Kier molecular flexibility index (Phi) is 5.30. The van der Waals surface area contributed by atoms with Crippen molar-refractivity contribution < 1.29 is 18.3 Å². The largest absolute Gasteiger partial charge is 0.478 e. The van der Waals surface area contributed by atoms with Gasteiger partial charge >= 0.3 is 5.97 Å². The maximum absolute atomic E-state index is 12.5. The van der Waals surface area contributed by atoms with Crippen LogP contribution in [-0.2, 0) is 10.0 Å². The van der Waals surface area contributed by atoms with Gasteiger partial charge in [-0.15, -0.1) is 0 Å². The van der Waals surface area contributed by atoms with Gasteiger partial charge in [-0.1, -0.05) is 26.3 Å². The van der Waals surface area contributed by atoms with E-state index >= 15 is 0 Å². The van der Waals surface area contributed by atoms with E-state index in [2.05, 4.69) is 0 Å². The van der Waals surface area contributed by atoms with Crippen molar-refractivity contribution in [1.29, 1.82) is 0 Å². The molecular weight excluding hydrogens is 278 g/mol. The van der Waals surface area contributed by atoms with Crippen LogP contribution in [0, 0.1) is 12.8 Å². The van der Waals surface area contributed by atoms with E-state index < -0.39 is 16.0 Å². The van der Waals surface area contributed by atoms with Crippen LogP contribution in [0.3, 0.4) is 0 Å². The second kappa shape index (κ2) is 6.37. The van der Waals surface area contributed by atoms with Crippen molar-refractivity contribution >= 4 is 16.0 Å². The van der Waals surface area contributed by atoms with E-state index in [-0.39, 0.29) is 21.9 Å². The molecule has 0 bridgehead atoms. The van der Waals surface area contributed by atoms with Gasteiger partial charge in [0.25, 0.3) is 0 Å². The zero-order valence-electron chi connectivity index (χ0n) is 12.3. The number of carbonyl (C=O) groups is 1. The van der Waals surface area contributed by atoms with Gasteiger partial charge < -0.3 is 5.11 Å². The Morgan fingerprint density at radius 1 is 1.40 bits per heavy atom. The number of benzene rings is 1. The maximum Gasteiger partial charge on any atom is 0.335 e. The molecular formula is C14H21NO4S. The highest BCUT2D eigenvalue weighted by molar-refractivity contribution is 7.89. The summed E-state index contributed by atoms with van der Waals surface area (Å²) in [6.45, 7) is 5.91. The molecule has 0 radical (unpaired) electrons. The topological polar surface area (TPSA) is 74.7 Å². The van der Waals surface area contributed by atoms with Crippen LogP contribution in [0.4, 0.5) is 0 Å². The van der Waals surface area contributed by atoms with Crippen molar-refractivity contribution in [2.45, 2.75) is 32.1 Å². The Bertz CT molecular complexity index is 595. The van der Waals surface area contributed by atoms with Gasteiger partial charge in [-0.3, -0.25) is 0 Å². The Morgan fingerprint density at radius 2 is 2.00 bits per heavy atom. The van der Waals surface area contributed by atoms with Gasteiger partial charge in [-0.25, -0.2) is 17.5 Å². The second-order valence-electron chi connectivity index (χ2n) is 5.03. The molecule has 0 aliphatic carbocycles. The number of nitrogens with zero attached hydrogens (tertiary/aromatic N) is 1. The van der Waals surface area contributed by atoms with Gasteiger partial charge in [0.05, 0.1) is 10.5 Å². The van der Waals surface area contributed by atoms with Crippen molar-refractivity contribution in [2.75, 3.05) is 13.6 Å². The van der Waals surface area contributed by atoms with Crippen LogP contribution >= 0.6 is 0 Å². The van der Waals surface area contributed by atoms with Gasteiger partial charge in [0.15, 0.2) is 0 Å². The molecule has 0 amide bonds. The summed E-state index contributed by atoms with van der Waals surface area (Å²) in [6.07, 6.45) is 0.883. The molecule has 1 aromatic rings. The zero-order valence-corrected chi connectivity index (χ0v) is 13.1. The molecule has 1 atom stereocenters. The Labute approximate surface area is 120 Å². The van der Waals surface area contributed by atoms with E-state index in [1.807, 2.05) is 13.8 Å². The van der Waals surface area contributed by atoms with Crippen molar-refractivity contribution in [1.82, 2.24) is 4.31 Å². The average Bonchev–Trinajstić information content (AvgIpc) is 2.37. The van der Waals surface area contributed by atoms with Crippen LogP contribution in [0.5, 0.6) is 0 Å². The van der Waals surface area contributed by atoms with Crippen molar-refractivity contribution in [3.8, 4) is 0 Å². The highest BCUT2D eigenvalue weighted by atomic mass is 32.2. The minimum absolute atomic E-state index is 0.0167. The van der Waals surface area contributed by atoms with Crippen LogP contribution in [0.25, 0.3) is 0 Å². The molecule has 1 N–H and O–H groups in total. The number of sulfonamides is 1. The normalized spacial score (nSPS) is 13.4. The van der Waals surface area contributed by atoms with Gasteiger partial charge in [0.1, 0.15) is 0 Å². The number of aromatic carboxylic acids is 1. The maximum atomic E-state index is 12.5. The highest BCUT2D eigenvalue weighted by Crippen LogP contribution is 2.22. The van der Waals surface area contributed by atoms with E-state index in [1.165, 1.54) is 36.5 Å². The lowest BCUT2D eigenvalue weighted by molar-refractivity contribution is 0.0696. The Morgan fingerprint density at radius 3 is 2.50 bits per heavy atom. The molecule has 0 aliphatic heterocycles. The van der Waals surface area contributed by atoms with Gasteiger partial charge in [-0.05, 0) is 30.5 Å². The molecule has 5 nitrogen and oxygen atoms in total. The molecule has 0 saturated carbocycles. The molecule has 112 valence electrons. The first-order valence-electron chi connectivity index (χ1n) is 6.51. The lowest BCUT2D eigenvalue weighted by Crippen LogP contribution is -2.31. The van der Waals surface area contributed by atoms with Gasteiger partial charge in [-0.2, -0.15) is 0 Å². The van der Waals surface area contributed by atoms with Crippen LogP contribution in [-0.4, -0.2) is 37.4 Å². The lowest BCUT2D eigenvalue weighted by Gasteiger charge is -2.21. The smallest absolute Gasteiger partial charge is 0.335 e. The SMILES string of the molecule is CCC(C)CN(C)S(=O)(=O)c1cccc(C(=O)O)c1C. The van der Waals surface area contributed by atoms with E-state index in [4.69, 9.17) is 5.11 Å². The summed E-state index contributed by atoms with van der Waals surface area (Å²) in [7, 11) is -2.14. The quantitative estimate of drug-likeness (QED) is 0.875. The average molecular weight is 299 g/mol. The molecule has 20 heavy (non-hydrogen) atoms. The van der Waals surface area contributed by atoms with Crippen molar-refractivity contribution in [3.05, 3.63) is 29.3 Å². The second-order valence-corrected chi connectivity index (χ2v) is 7.05. The molecule has 1 aromatic carbocycles. The summed E-state index contributed by atoms with van der Waals surface area (Å²) in [5, 5.41) is 9.07. The van der Waals surface area contributed by atoms with Crippen LogP contribution in [0.2, 0.25) is 0 Å². The fourth-order valence-corrected chi connectivity index (χ4v) is 3.49. The highest BCUT2D eigenvalue weighted by Gasteiger charge is 2.25. The number of carboxylic acids is 1. The molecule has 0 heterocycles. The zero-order chi connectivity index (χ0) is 15.5. The van der Waals surface area contributed by atoms with Crippen LogP contribution in [0.15, 0.2) is 23.1 Å². The predicted molar refractivity (Wildman–Crippen MR) is 77.4 cm³/mol. The van der Waals surface area contributed by atoms with E-state index in [0.29, 0.717) is 6.54 Å². The Balaban J connectivity index is 3.23. The summed E-state index contributed by atoms with van der Waals surface area (Å²) >= 11 is 0. The van der Waals surface area contributed by atoms with Crippen molar-refractivity contribution in [2.24, 2.45) is 5.92 Å². The predicted octanol–water partition coefficient (Wildman–Crippen LogP) is 2.36. The first-order valence-corrected chi connectivity index (χ1v) is 7.95. The van der Waals surface area contributed by atoms with Crippen molar-refractivity contribution in [3.63, 3.8) is 0 Å². The third kappa shape index (κ3) is 3.37. The van der Waals surface area contributed by atoms with Gasteiger partial charge in [0.2, 0.25) is 10.0 Å². The summed E-state index contributed by atoms with van der Waals surface area (Å²) < 4.78 is 26.3. The van der Waals surface area contributed by atoms with E-state index in [9.17, 15) is 13.2 Å². The summed E-state index contributed by atoms with van der Waals surface area (Å²) in [5.74, 6) is -0.873. The minimum atomic E-state index is -3.66. The van der Waals surface area contributed by atoms with Crippen LogP contribution < -0.4 is 0 Å². The van der Waals surface area contributed by atoms with Crippen LogP contribution in [0.1, 0.15) is 36.2 Å². The molecule has 0 fully saturated rings. The summed E-state index contributed by atoms with van der Waals surface area (Å²) in [4.78, 5) is 11.1. The standard InChI is InChI=1S/C14H21NO4S/c1-5-10(2)9-15(4)20(18,19)13-8-6-7-12(11(13)3)14(16)17/h6-8,10H,5,9H2,1-4H3,(H,16,17). The Hall–Kier alpha value is -1.40. The first-order chi connectivity index (χ1) is 9.21. The minimum Gasteiger partial charge on any atom is -0.478 e. The van der Waals surface area contributed by atoms with Gasteiger partial charge in [0, 0.05) is 13.6 Å². The number of rotatable bonds is 6. The third-order valence-corrected chi connectivity index (χ3v) is 5.44. The molecule has 0 saturated heterocycles. The molecule has 6 heteroatoms. The van der Waals surface area contributed by atoms with E-state index in [0.717, 1.165) is 6.42 Å². The number of hydrogen-bond donors (Lipinski definition) is 1. The molecule has 0 aliphatic rings. The molecule has 0 spiro atoms. The van der Waals surface area contributed by atoms with E-state index in [1.54, 1.807) is 0 Å². The number of hydrogen-bond acceptors (Lipinski definition) is 3.